The summed E-state index contributed by atoms with van der Waals surface area (Å²) in [6.45, 7) is 0. The molecule has 0 saturated heterocycles. The van der Waals surface area contributed by atoms with Crippen molar-refractivity contribution in [2.45, 2.75) is 12.2 Å². The lowest BCUT2D eigenvalue weighted by Crippen LogP contribution is -2.37. The first-order valence-corrected chi connectivity index (χ1v) is 6.73. The Labute approximate surface area is 129 Å². The summed E-state index contributed by atoms with van der Waals surface area (Å²) in [4.78, 5) is 21.9. The van der Waals surface area contributed by atoms with Crippen molar-refractivity contribution >= 4 is 12.4 Å². The van der Waals surface area contributed by atoms with E-state index in [-0.39, 0.29) is 6.41 Å². The number of benzene rings is 2. The molecule has 1 atom stereocenters. The Hall–Kier alpha value is -2.83. The van der Waals surface area contributed by atoms with Crippen molar-refractivity contribution in [1.29, 1.82) is 0 Å². The van der Waals surface area contributed by atoms with Crippen LogP contribution in [-0.2, 0) is 11.0 Å². The van der Waals surface area contributed by atoms with Crippen molar-refractivity contribution in [3.63, 3.8) is 0 Å². The summed E-state index contributed by atoms with van der Waals surface area (Å²) in [5.74, 6) is 0. The molecule has 0 radical (unpaired) electrons. The average Bonchev–Trinajstić information content (AvgIpc) is 2.81. The van der Waals surface area contributed by atoms with Crippen molar-refractivity contribution in [3.05, 3.63) is 59.2 Å². The Morgan fingerprint density at radius 2 is 1.74 bits per heavy atom. The molecule has 4 nitrogen and oxygen atoms in total. The Morgan fingerprint density at radius 1 is 1.04 bits per heavy atom. The van der Waals surface area contributed by atoms with E-state index in [9.17, 15) is 22.8 Å². The van der Waals surface area contributed by atoms with Crippen LogP contribution in [0.5, 0.6) is 0 Å². The zero-order valence-electron chi connectivity index (χ0n) is 11.6. The number of fused-ring (bicyclic) bond motifs is 3. The smallest absolute Gasteiger partial charge is 0.327 e. The number of hydrogen-bond donors (Lipinski definition) is 2. The molecular formula is C16H11F3N2O2. The molecule has 2 aromatic carbocycles. The number of amides is 3. The number of alkyl halides is 3. The van der Waals surface area contributed by atoms with Crippen molar-refractivity contribution in [2.75, 3.05) is 0 Å². The number of carbonyl (C=O) groups is 2. The van der Waals surface area contributed by atoms with Crippen molar-refractivity contribution < 1.29 is 22.8 Å². The normalized spacial score (nSPS) is 15.5. The molecule has 0 saturated carbocycles. The number of nitrogens with one attached hydrogen (secondary N) is 2. The zero-order valence-corrected chi connectivity index (χ0v) is 11.6. The zero-order chi connectivity index (χ0) is 16.6. The molecule has 3 amide bonds. The van der Waals surface area contributed by atoms with E-state index in [4.69, 9.17) is 0 Å². The summed E-state index contributed by atoms with van der Waals surface area (Å²) in [5, 5.41) is 4.55. The minimum atomic E-state index is -4.44. The van der Waals surface area contributed by atoms with Gasteiger partial charge in [-0.1, -0.05) is 30.3 Å². The first-order chi connectivity index (χ1) is 10.9. The molecule has 118 valence electrons. The van der Waals surface area contributed by atoms with Crippen LogP contribution in [0.3, 0.4) is 0 Å². The van der Waals surface area contributed by atoms with E-state index in [1.165, 1.54) is 6.07 Å². The second-order valence-electron chi connectivity index (χ2n) is 5.06. The third kappa shape index (κ3) is 2.65. The van der Waals surface area contributed by atoms with Gasteiger partial charge in [-0.3, -0.25) is 10.1 Å². The van der Waals surface area contributed by atoms with Gasteiger partial charge in [0.1, 0.15) is 0 Å². The van der Waals surface area contributed by atoms with E-state index in [1.54, 1.807) is 24.3 Å². The Morgan fingerprint density at radius 3 is 2.43 bits per heavy atom. The Kier molecular flexibility index (Phi) is 3.55. The molecule has 2 N–H and O–H groups in total. The molecule has 0 aromatic heterocycles. The van der Waals surface area contributed by atoms with Crippen molar-refractivity contribution in [2.24, 2.45) is 0 Å². The number of rotatable bonds is 2. The van der Waals surface area contributed by atoms with Gasteiger partial charge in [0, 0.05) is 0 Å². The summed E-state index contributed by atoms with van der Waals surface area (Å²) in [5.41, 5.74) is 1.55. The second kappa shape index (κ2) is 5.42. The number of urea groups is 1. The highest BCUT2D eigenvalue weighted by molar-refractivity contribution is 5.87. The van der Waals surface area contributed by atoms with Crippen LogP contribution in [-0.4, -0.2) is 12.4 Å². The SMILES string of the molecule is O=CNC(=O)NC1c2ccccc2-c2cc(C(F)(F)F)ccc21. The molecule has 0 fully saturated rings. The van der Waals surface area contributed by atoms with Crippen LogP contribution in [0.4, 0.5) is 18.0 Å². The predicted molar refractivity (Wildman–Crippen MR) is 76.5 cm³/mol. The summed E-state index contributed by atoms with van der Waals surface area (Å²) in [6, 6.07) is 8.98. The van der Waals surface area contributed by atoms with Crippen LogP contribution < -0.4 is 10.6 Å². The highest BCUT2D eigenvalue weighted by atomic mass is 19.4. The summed E-state index contributed by atoms with van der Waals surface area (Å²) >= 11 is 0. The predicted octanol–water partition coefficient (Wildman–Crippen LogP) is 3.23. The third-order valence-electron chi connectivity index (χ3n) is 3.72. The fraction of sp³-hybridized carbons (Fsp3) is 0.125. The summed E-state index contributed by atoms with van der Waals surface area (Å²) in [6.07, 6.45) is -4.20. The lowest BCUT2D eigenvalue weighted by Gasteiger charge is -2.15. The largest absolute Gasteiger partial charge is 0.416 e. The van der Waals surface area contributed by atoms with Gasteiger partial charge >= 0.3 is 12.2 Å². The highest BCUT2D eigenvalue weighted by Crippen LogP contribution is 2.45. The first-order valence-electron chi connectivity index (χ1n) is 6.73. The van der Waals surface area contributed by atoms with E-state index in [0.717, 1.165) is 12.1 Å². The molecule has 2 aromatic rings. The fourth-order valence-electron chi connectivity index (χ4n) is 2.76. The van der Waals surface area contributed by atoms with Crippen LogP contribution in [0.25, 0.3) is 11.1 Å². The van der Waals surface area contributed by atoms with Crippen LogP contribution >= 0.6 is 0 Å². The van der Waals surface area contributed by atoms with Gasteiger partial charge in [0.05, 0.1) is 11.6 Å². The van der Waals surface area contributed by atoms with Gasteiger partial charge in [0.2, 0.25) is 6.41 Å². The molecule has 0 aliphatic heterocycles. The molecule has 0 spiro atoms. The third-order valence-corrected chi connectivity index (χ3v) is 3.72. The highest BCUT2D eigenvalue weighted by Gasteiger charge is 2.35. The molecule has 0 bridgehead atoms. The number of halogens is 3. The minimum absolute atomic E-state index is 0.240. The van der Waals surface area contributed by atoms with Gasteiger partial charge in [0.25, 0.3) is 0 Å². The summed E-state index contributed by atoms with van der Waals surface area (Å²) < 4.78 is 38.8. The fourth-order valence-corrected chi connectivity index (χ4v) is 2.76. The monoisotopic (exact) mass is 320 g/mol. The summed E-state index contributed by atoms with van der Waals surface area (Å²) in [7, 11) is 0. The lowest BCUT2D eigenvalue weighted by atomic mass is 10.0. The van der Waals surface area contributed by atoms with E-state index >= 15 is 0 Å². The number of hydrogen-bond acceptors (Lipinski definition) is 2. The maximum atomic E-state index is 12.9. The molecule has 7 heteroatoms. The number of carbonyl (C=O) groups excluding carboxylic acids is 2. The lowest BCUT2D eigenvalue weighted by molar-refractivity contribution is -0.137. The van der Waals surface area contributed by atoms with Gasteiger partial charge in [-0.05, 0) is 34.4 Å². The van der Waals surface area contributed by atoms with Crippen LogP contribution in [0.2, 0.25) is 0 Å². The van der Waals surface area contributed by atoms with Gasteiger partial charge < -0.3 is 5.32 Å². The Balaban J connectivity index is 2.09. The molecular weight excluding hydrogens is 309 g/mol. The standard InChI is InChI=1S/C16H11F3N2O2/c17-16(18,19)9-5-6-12-13(7-9)10-3-1-2-4-11(10)14(12)21-15(23)20-8-22/h1-8,14H,(H2,20,21,22,23). The molecule has 3 rings (SSSR count). The topological polar surface area (TPSA) is 58.2 Å². The molecule has 1 unspecified atom stereocenters. The maximum absolute atomic E-state index is 12.9. The van der Waals surface area contributed by atoms with E-state index in [0.29, 0.717) is 22.3 Å². The van der Waals surface area contributed by atoms with Gasteiger partial charge in [0.15, 0.2) is 0 Å². The molecule has 0 heterocycles. The van der Waals surface area contributed by atoms with Crippen LogP contribution in [0, 0.1) is 0 Å². The molecule has 23 heavy (non-hydrogen) atoms. The molecule has 1 aliphatic carbocycles. The quantitative estimate of drug-likeness (QED) is 0.835. The first kappa shape index (κ1) is 15.1. The van der Waals surface area contributed by atoms with Gasteiger partial charge in [-0.2, -0.15) is 13.2 Å². The average molecular weight is 320 g/mol. The number of imide groups is 1. The minimum Gasteiger partial charge on any atom is -0.327 e. The maximum Gasteiger partial charge on any atom is 0.416 e. The second-order valence-corrected chi connectivity index (χ2v) is 5.06. The van der Waals surface area contributed by atoms with E-state index < -0.39 is 23.8 Å². The van der Waals surface area contributed by atoms with Crippen molar-refractivity contribution in [1.82, 2.24) is 10.6 Å². The Bertz CT molecular complexity index is 787. The van der Waals surface area contributed by atoms with Gasteiger partial charge in [-0.25, -0.2) is 4.79 Å². The van der Waals surface area contributed by atoms with Crippen molar-refractivity contribution in [3.8, 4) is 11.1 Å². The van der Waals surface area contributed by atoms with Crippen LogP contribution in [0.1, 0.15) is 22.7 Å². The van der Waals surface area contributed by atoms with Gasteiger partial charge in [-0.15, -0.1) is 0 Å². The van der Waals surface area contributed by atoms with E-state index in [2.05, 4.69) is 5.32 Å². The van der Waals surface area contributed by atoms with Crippen LogP contribution in [0.15, 0.2) is 42.5 Å². The van der Waals surface area contributed by atoms with E-state index in [1.807, 2.05) is 5.32 Å². The molecule has 1 aliphatic rings.